The van der Waals surface area contributed by atoms with Crippen LogP contribution in [0.2, 0.25) is 0 Å². The van der Waals surface area contributed by atoms with Gasteiger partial charge in [-0.3, -0.25) is 28.0 Å². The van der Waals surface area contributed by atoms with Crippen LogP contribution in [-0.2, 0) is 84.7 Å². The molecule has 0 saturated carbocycles. The molecule has 2 aliphatic heterocycles. The van der Waals surface area contributed by atoms with Crippen LogP contribution >= 0.6 is 7.82 Å². The second kappa shape index (κ2) is 66.8. The summed E-state index contributed by atoms with van der Waals surface area (Å²) in [4.78, 5) is 66.8. The maximum Gasteiger partial charge on any atom is 0.508 e. The highest BCUT2D eigenvalue weighted by Gasteiger charge is 2.53. The number of unbranched alkanes of at least 4 members (excludes halogenated alkanes) is 33. The van der Waals surface area contributed by atoms with Gasteiger partial charge in [-0.25, -0.2) is 14.2 Å². The summed E-state index contributed by atoms with van der Waals surface area (Å²) in [6.45, 7) is 21.5. The molecule has 0 radical (unpaired) electrons. The topological polar surface area (TPSA) is 267 Å². The van der Waals surface area contributed by atoms with Gasteiger partial charge in [0, 0.05) is 26.2 Å². The van der Waals surface area contributed by atoms with Crippen molar-refractivity contribution in [1.82, 2.24) is 10.6 Å². The largest absolute Gasteiger partial charge is 0.508 e. The molecule has 22 nitrogen and oxygen atoms in total. The van der Waals surface area contributed by atoms with Crippen LogP contribution in [-0.4, -0.2) is 169 Å². The molecule has 2 amide bonds. The number of ketones is 1. The summed E-state index contributed by atoms with van der Waals surface area (Å²) in [7, 11) is -4.63. The van der Waals surface area contributed by atoms with E-state index in [1.54, 1.807) is 0 Å². The zero-order chi connectivity index (χ0) is 76.5. The van der Waals surface area contributed by atoms with Crippen molar-refractivity contribution in [2.75, 3.05) is 66.1 Å². The number of allylic oxidation sites excluding steroid dienone is 2. The van der Waals surface area contributed by atoms with E-state index in [2.05, 4.69) is 76.8 Å². The lowest BCUT2D eigenvalue weighted by atomic mass is 9.95. The van der Waals surface area contributed by atoms with Gasteiger partial charge in [-0.05, 0) is 57.8 Å². The third-order valence-corrected chi connectivity index (χ3v) is 20.2. The SMILES string of the molecule is C=CCOC(=O)CO[C@H]1O[C@H](CO[C@@H]2O[C@H](COC(=O)OCC=C)[C@@H](OP(=O)(OCC=C)OCC=C)[C@H](OCC[C@@H](CCCCCCCCCCC)OCCCCCC/C=C\CCCCCC)[C@H]2NC=O)[C@@H](O)[C@H](OCCCCCCCCCCCC)[C@H]1NC(=O)CC(=O)CCCCCCCCCCC. The van der Waals surface area contributed by atoms with Crippen LogP contribution in [0.15, 0.2) is 62.8 Å². The highest BCUT2D eigenvalue weighted by molar-refractivity contribution is 7.48. The smallest absolute Gasteiger partial charge is 0.460 e. The second-order valence-electron chi connectivity index (χ2n) is 28.0. The fourth-order valence-corrected chi connectivity index (χ4v) is 14.2. The molecule has 105 heavy (non-hydrogen) atoms. The maximum atomic E-state index is 14.8. The zero-order valence-electron chi connectivity index (χ0n) is 65.6. The molecule has 2 aliphatic rings. The summed E-state index contributed by atoms with van der Waals surface area (Å²) in [6.07, 6.45) is 40.4. The van der Waals surface area contributed by atoms with Crippen molar-refractivity contribution in [2.24, 2.45) is 0 Å². The first-order valence-corrected chi connectivity index (χ1v) is 42.4. The lowest BCUT2D eigenvalue weighted by molar-refractivity contribution is -0.307. The first-order chi connectivity index (χ1) is 51.3. The second-order valence-corrected chi connectivity index (χ2v) is 29.6. The molecule has 2 saturated heterocycles. The average molecular weight is 1510 g/mol. The molecule has 2 rings (SSSR count). The summed E-state index contributed by atoms with van der Waals surface area (Å²) in [5.74, 6) is -1.69. The minimum atomic E-state index is -4.63. The molecule has 608 valence electrons. The van der Waals surface area contributed by atoms with E-state index in [1.807, 2.05) is 0 Å². The number of aliphatic hydroxyl groups is 1. The number of hydrogen-bond donors (Lipinski definition) is 3. The van der Waals surface area contributed by atoms with Crippen LogP contribution < -0.4 is 10.6 Å². The summed E-state index contributed by atoms with van der Waals surface area (Å²) in [5.41, 5.74) is 0. The van der Waals surface area contributed by atoms with Gasteiger partial charge >= 0.3 is 19.9 Å². The average Bonchev–Trinajstić information content (AvgIpc) is 0.781. The number of phosphoric ester groups is 1. The van der Waals surface area contributed by atoms with Crippen molar-refractivity contribution in [1.29, 1.82) is 0 Å². The monoisotopic (exact) mass is 1510 g/mol. The predicted octanol–water partition coefficient (Wildman–Crippen LogP) is 18.1. The van der Waals surface area contributed by atoms with Gasteiger partial charge in [0.15, 0.2) is 12.6 Å². The Hall–Kier alpha value is -4.16. The Morgan fingerprint density at radius 2 is 0.962 bits per heavy atom. The normalized spacial score (nSPS) is 20.7. The van der Waals surface area contributed by atoms with E-state index in [4.69, 9.17) is 60.9 Å². The number of ether oxygens (including phenoxy) is 10. The summed E-state index contributed by atoms with van der Waals surface area (Å²) in [5, 5.41) is 18.3. The van der Waals surface area contributed by atoms with Gasteiger partial charge in [-0.2, -0.15) is 0 Å². The van der Waals surface area contributed by atoms with E-state index < -0.39 is 113 Å². The number of esters is 1. The Balaban J connectivity index is 2.68. The van der Waals surface area contributed by atoms with Crippen molar-refractivity contribution >= 4 is 38.0 Å². The van der Waals surface area contributed by atoms with E-state index in [0.717, 1.165) is 116 Å². The molecule has 0 bridgehead atoms. The lowest BCUT2D eigenvalue weighted by Crippen LogP contribution is -2.67. The summed E-state index contributed by atoms with van der Waals surface area (Å²) in [6, 6.07) is -2.60. The van der Waals surface area contributed by atoms with Gasteiger partial charge in [0.25, 0.3) is 0 Å². The van der Waals surface area contributed by atoms with Gasteiger partial charge in [-0.15, -0.1) is 13.2 Å². The van der Waals surface area contributed by atoms with Crippen molar-refractivity contribution in [2.45, 2.75) is 365 Å². The van der Waals surface area contributed by atoms with Crippen LogP contribution in [0.25, 0.3) is 0 Å². The van der Waals surface area contributed by atoms with Crippen molar-refractivity contribution in [3.05, 3.63) is 62.8 Å². The first kappa shape index (κ1) is 96.9. The molecule has 2 heterocycles. The number of rotatable bonds is 74. The third-order valence-electron chi connectivity index (χ3n) is 18.8. The van der Waals surface area contributed by atoms with Crippen molar-refractivity contribution in [3.8, 4) is 0 Å². The highest BCUT2D eigenvalue weighted by Crippen LogP contribution is 2.52. The predicted molar refractivity (Wildman–Crippen MR) is 414 cm³/mol. The van der Waals surface area contributed by atoms with Crippen LogP contribution in [0.4, 0.5) is 4.79 Å². The molecule has 0 aromatic rings. The Morgan fingerprint density at radius 1 is 0.486 bits per heavy atom. The highest BCUT2D eigenvalue weighted by atomic mass is 31.2. The molecule has 0 aromatic heterocycles. The molecule has 0 aliphatic carbocycles. The molecule has 0 aromatic carbocycles. The van der Waals surface area contributed by atoms with E-state index >= 15 is 0 Å². The van der Waals surface area contributed by atoms with E-state index in [0.29, 0.717) is 32.3 Å². The number of phosphoric acid groups is 1. The van der Waals surface area contributed by atoms with Gasteiger partial charge in [0.2, 0.25) is 12.3 Å². The molecular formula is C82H145N2O20P. The lowest BCUT2D eigenvalue weighted by Gasteiger charge is -2.47. The van der Waals surface area contributed by atoms with Crippen molar-refractivity contribution < 1.29 is 94.6 Å². The van der Waals surface area contributed by atoms with Gasteiger partial charge in [0.1, 0.15) is 80.9 Å². The Labute approximate surface area is 634 Å². The number of carbonyl (C=O) groups is 5. The molecule has 23 heteroatoms. The minimum absolute atomic E-state index is 0.0101. The summed E-state index contributed by atoms with van der Waals surface area (Å²) >= 11 is 0. The van der Waals surface area contributed by atoms with E-state index in [1.165, 1.54) is 146 Å². The third kappa shape index (κ3) is 48.2. The van der Waals surface area contributed by atoms with Gasteiger partial charge in [-0.1, -0.05) is 276 Å². The van der Waals surface area contributed by atoms with Gasteiger partial charge in [0.05, 0.1) is 32.3 Å². The number of aliphatic hydroxyl groups excluding tert-OH is 1. The fraction of sp³-hybridized carbons (Fsp3) is 0.817. The Kier molecular flexibility index (Phi) is 61.7. The minimum Gasteiger partial charge on any atom is -0.460 e. The number of Topliss-reactive ketones (excluding diaryl/α,β-unsaturated/α-hetero) is 1. The molecule has 0 spiro atoms. The number of amides is 2. The van der Waals surface area contributed by atoms with Crippen LogP contribution in [0, 0.1) is 0 Å². The maximum absolute atomic E-state index is 14.8. The van der Waals surface area contributed by atoms with E-state index in [-0.39, 0.29) is 57.9 Å². The number of carbonyl (C=O) groups excluding carboxylic acids is 5. The van der Waals surface area contributed by atoms with Crippen LogP contribution in [0.3, 0.4) is 0 Å². The zero-order valence-corrected chi connectivity index (χ0v) is 66.5. The molecule has 3 N–H and O–H groups in total. The standard InChI is InChI=1S/C82H145N2O20P/c1-9-17-21-25-29-33-35-36-40-43-47-51-60-92-69(54-50-46-42-38-32-28-24-20-12-4)55-62-95-79-74(83-67-85)80(103-71(65-99-82(90)96-57-14-6)77(79)104-105(91,100-58-15-7)101-59-16-8)97-64-70-76(89)78(94-61-52-48-44-39-34-30-26-22-18-10-2)75(81(102-70)98-66-73(88)93-56-13-5)84-72(87)63-68(86)53-49-45-41-37-31-27-23-19-11-3/h13-16,33,35,67,69-71,74-81,89H,5-12,17-32,34,36-66H2,1-4H3,(H,83,85)(H,84,87)/b35-33-/t69-,70-,71-,74-,75-,76-,77-,78-,79-,80-,81+/m1/s1. The van der Waals surface area contributed by atoms with Crippen LogP contribution in [0.5, 0.6) is 0 Å². The molecule has 2 fully saturated rings. The number of nitrogens with one attached hydrogen (secondary N) is 2. The summed E-state index contributed by atoms with van der Waals surface area (Å²) < 4.78 is 94.6. The molecule has 11 atom stereocenters. The quantitative estimate of drug-likeness (QED) is 0.0128. The Morgan fingerprint density at radius 3 is 1.51 bits per heavy atom. The van der Waals surface area contributed by atoms with Crippen molar-refractivity contribution in [3.63, 3.8) is 0 Å². The first-order valence-electron chi connectivity index (χ1n) is 41.0. The van der Waals surface area contributed by atoms with Crippen LogP contribution in [0.1, 0.15) is 297 Å². The van der Waals surface area contributed by atoms with Gasteiger partial charge < -0.3 is 63.1 Å². The molecular weight excluding hydrogens is 1360 g/mol. The fourth-order valence-electron chi connectivity index (χ4n) is 12.9. The number of hydrogen-bond acceptors (Lipinski definition) is 20. The molecule has 0 unspecified atom stereocenters. The Bertz CT molecular complexity index is 2280. The van der Waals surface area contributed by atoms with E-state index in [9.17, 15) is 33.6 Å².